The Labute approximate surface area is 133 Å². The first kappa shape index (κ1) is 14.8. The molecule has 2 aromatic rings. The summed E-state index contributed by atoms with van der Waals surface area (Å²) in [5, 5.41) is 16.7. The molecule has 0 bridgehead atoms. The highest BCUT2D eigenvalue weighted by molar-refractivity contribution is 6.07. The molecule has 1 aliphatic heterocycles. The van der Waals surface area contributed by atoms with E-state index in [1.807, 2.05) is 18.2 Å². The second kappa shape index (κ2) is 5.57. The van der Waals surface area contributed by atoms with Gasteiger partial charge in [0.1, 0.15) is 11.3 Å². The van der Waals surface area contributed by atoms with Gasteiger partial charge in [0.15, 0.2) is 0 Å². The molecule has 1 fully saturated rings. The topological polar surface area (TPSA) is 82.0 Å². The maximum absolute atomic E-state index is 12.6. The number of imide groups is 1. The van der Waals surface area contributed by atoms with Crippen molar-refractivity contribution < 1.29 is 14.7 Å². The molecule has 0 saturated carbocycles. The first-order valence-electron chi connectivity index (χ1n) is 7.06. The third-order valence-corrected chi connectivity index (χ3v) is 3.74. The van der Waals surface area contributed by atoms with Crippen molar-refractivity contribution in [2.45, 2.75) is 12.5 Å². The molecule has 1 heterocycles. The van der Waals surface area contributed by atoms with Crippen molar-refractivity contribution in [3.63, 3.8) is 0 Å². The van der Waals surface area contributed by atoms with Crippen LogP contribution in [0.2, 0.25) is 0 Å². The summed E-state index contributed by atoms with van der Waals surface area (Å²) in [6.45, 7) is 1.65. The monoisotopic (exact) mass is 309 g/mol. The molecule has 6 heteroatoms. The predicted octanol–water partition coefficient (Wildman–Crippen LogP) is 2.19. The van der Waals surface area contributed by atoms with Crippen LogP contribution in [0.5, 0.6) is 5.75 Å². The van der Waals surface area contributed by atoms with E-state index in [2.05, 4.69) is 10.4 Å². The lowest BCUT2D eigenvalue weighted by Crippen LogP contribution is -2.40. The molecule has 0 spiro atoms. The van der Waals surface area contributed by atoms with Gasteiger partial charge in [-0.25, -0.2) is 4.79 Å². The molecule has 0 radical (unpaired) electrons. The third kappa shape index (κ3) is 2.66. The molecule has 2 aromatic carbocycles. The van der Waals surface area contributed by atoms with Gasteiger partial charge in [0.2, 0.25) is 0 Å². The van der Waals surface area contributed by atoms with E-state index in [0.717, 1.165) is 5.01 Å². The van der Waals surface area contributed by atoms with Gasteiger partial charge in [0.05, 0.1) is 6.21 Å². The zero-order chi connectivity index (χ0) is 16.4. The van der Waals surface area contributed by atoms with Gasteiger partial charge >= 0.3 is 6.03 Å². The predicted molar refractivity (Wildman–Crippen MR) is 84.9 cm³/mol. The number of benzene rings is 2. The van der Waals surface area contributed by atoms with Gasteiger partial charge in [-0.15, -0.1) is 5.01 Å². The molecule has 3 amide bonds. The minimum absolute atomic E-state index is 0.133. The lowest BCUT2D eigenvalue weighted by molar-refractivity contribution is -0.131. The summed E-state index contributed by atoms with van der Waals surface area (Å²) in [6.07, 6.45) is 1.40. The minimum Gasteiger partial charge on any atom is -0.508 e. The van der Waals surface area contributed by atoms with E-state index in [1.165, 1.54) is 18.3 Å². The highest BCUT2D eigenvalue weighted by Crippen LogP contribution is 2.28. The molecule has 1 saturated heterocycles. The Bertz CT molecular complexity index is 771. The molecule has 23 heavy (non-hydrogen) atoms. The number of phenolic OH excluding ortho intramolecular Hbond substituents is 1. The molecule has 1 atom stereocenters. The summed E-state index contributed by atoms with van der Waals surface area (Å²) in [5.41, 5.74) is 0.224. The Morgan fingerprint density at radius 2 is 1.74 bits per heavy atom. The normalized spacial score (nSPS) is 21.0. The molecule has 0 aliphatic carbocycles. The number of amides is 3. The van der Waals surface area contributed by atoms with Crippen LogP contribution in [0.25, 0.3) is 0 Å². The molecule has 116 valence electrons. The number of nitrogens with one attached hydrogen (secondary N) is 1. The largest absolute Gasteiger partial charge is 0.508 e. The quantitative estimate of drug-likeness (QED) is 0.673. The first-order chi connectivity index (χ1) is 11.0. The Balaban J connectivity index is 1.86. The number of aromatic hydroxyl groups is 1. The highest BCUT2D eigenvalue weighted by atomic mass is 16.3. The molecule has 6 nitrogen and oxygen atoms in total. The van der Waals surface area contributed by atoms with Crippen LogP contribution in [-0.2, 0) is 10.3 Å². The Morgan fingerprint density at radius 1 is 1.09 bits per heavy atom. The summed E-state index contributed by atoms with van der Waals surface area (Å²) in [7, 11) is 0. The molecular formula is C17H15N3O3. The van der Waals surface area contributed by atoms with Crippen LogP contribution in [0.15, 0.2) is 59.7 Å². The van der Waals surface area contributed by atoms with Crippen LogP contribution >= 0.6 is 0 Å². The first-order valence-corrected chi connectivity index (χ1v) is 7.06. The van der Waals surface area contributed by atoms with Crippen LogP contribution in [0.4, 0.5) is 4.79 Å². The Morgan fingerprint density at radius 3 is 2.39 bits per heavy atom. The average Bonchev–Trinajstić information content (AvgIpc) is 2.78. The van der Waals surface area contributed by atoms with Crippen molar-refractivity contribution in [1.29, 1.82) is 0 Å². The SMILES string of the molecule is C[C@@]1(c2ccccc2)NC(=O)N(/N=C/c2ccc(O)cc2)C1=O. The maximum Gasteiger partial charge on any atom is 0.346 e. The molecular weight excluding hydrogens is 294 g/mol. The van der Waals surface area contributed by atoms with E-state index < -0.39 is 17.5 Å². The summed E-state index contributed by atoms with van der Waals surface area (Å²) in [4.78, 5) is 24.7. The number of rotatable bonds is 3. The van der Waals surface area contributed by atoms with Gasteiger partial charge in [-0.05, 0) is 42.3 Å². The zero-order valence-corrected chi connectivity index (χ0v) is 12.4. The Hall–Kier alpha value is -3.15. The van der Waals surface area contributed by atoms with Gasteiger partial charge in [-0.1, -0.05) is 30.3 Å². The minimum atomic E-state index is -1.13. The third-order valence-electron chi connectivity index (χ3n) is 3.74. The van der Waals surface area contributed by atoms with E-state index in [4.69, 9.17) is 0 Å². The second-order valence-corrected chi connectivity index (χ2v) is 5.37. The highest BCUT2D eigenvalue weighted by Gasteiger charge is 2.49. The number of phenols is 1. The number of hydrazone groups is 1. The molecule has 0 unspecified atom stereocenters. The van der Waals surface area contributed by atoms with Crippen LogP contribution in [-0.4, -0.2) is 28.3 Å². The zero-order valence-electron chi connectivity index (χ0n) is 12.4. The standard InChI is InChI=1S/C17H15N3O3/c1-17(13-5-3-2-4-6-13)15(22)20(16(23)19-17)18-11-12-7-9-14(21)10-8-12/h2-11,21H,1H3,(H,19,23)/b18-11+/t17-/m0/s1. The summed E-state index contributed by atoms with van der Waals surface area (Å²) in [6, 6.07) is 14.7. The molecule has 2 N–H and O–H groups in total. The summed E-state index contributed by atoms with van der Waals surface area (Å²) in [5.74, 6) is -0.308. The van der Waals surface area contributed by atoms with E-state index in [9.17, 15) is 14.7 Å². The van der Waals surface area contributed by atoms with Crippen molar-refractivity contribution in [3.05, 3.63) is 65.7 Å². The molecule has 0 aromatic heterocycles. The average molecular weight is 309 g/mol. The molecule has 1 aliphatic rings. The van der Waals surface area contributed by atoms with Crippen LogP contribution in [0.3, 0.4) is 0 Å². The lowest BCUT2D eigenvalue weighted by Gasteiger charge is -2.20. The number of hydrogen-bond acceptors (Lipinski definition) is 4. The van der Waals surface area contributed by atoms with Crippen molar-refractivity contribution in [2.75, 3.05) is 0 Å². The van der Waals surface area contributed by atoms with Crippen LogP contribution in [0, 0.1) is 0 Å². The maximum atomic E-state index is 12.6. The fourth-order valence-corrected chi connectivity index (χ4v) is 2.38. The van der Waals surface area contributed by atoms with Gasteiger partial charge in [-0.3, -0.25) is 4.79 Å². The second-order valence-electron chi connectivity index (χ2n) is 5.37. The van der Waals surface area contributed by atoms with Gasteiger partial charge < -0.3 is 10.4 Å². The smallest absolute Gasteiger partial charge is 0.346 e. The fraction of sp³-hybridized carbons (Fsp3) is 0.118. The van der Waals surface area contributed by atoms with E-state index in [1.54, 1.807) is 31.2 Å². The number of hydrogen-bond donors (Lipinski definition) is 2. The Kier molecular flexibility index (Phi) is 3.57. The summed E-state index contributed by atoms with van der Waals surface area (Å²) < 4.78 is 0. The van der Waals surface area contributed by atoms with E-state index >= 15 is 0 Å². The van der Waals surface area contributed by atoms with Gasteiger partial charge in [-0.2, -0.15) is 5.10 Å². The fourth-order valence-electron chi connectivity index (χ4n) is 2.38. The van der Waals surface area contributed by atoms with Crippen molar-refractivity contribution >= 4 is 18.2 Å². The van der Waals surface area contributed by atoms with Crippen molar-refractivity contribution in [1.82, 2.24) is 10.3 Å². The van der Waals surface area contributed by atoms with Crippen molar-refractivity contribution in [3.8, 4) is 5.75 Å². The number of nitrogens with zero attached hydrogens (tertiary/aromatic N) is 2. The number of carbonyl (C=O) groups is 2. The summed E-state index contributed by atoms with van der Waals surface area (Å²) >= 11 is 0. The van der Waals surface area contributed by atoms with E-state index in [0.29, 0.717) is 11.1 Å². The van der Waals surface area contributed by atoms with Gasteiger partial charge in [0.25, 0.3) is 5.91 Å². The number of carbonyl (C=O) groups excluding carboxylic acids is 2. The van der Waals surface area contributed by atoms with E-state index in [-0.39, 0.29) is 5.75 Å². The van der Waals surface area contributed by atoms with Crippen LogP contribution in [0.1, 0.15) is 18.1 Å². The number of urea groups is 1. The lowest BCUT2D eigenvalue weighted by atomic mass is 9.92. The van der Waals surface area contributed by atoms with Crippen molar-refractivity contribution in [2.24, 2.45) is 5.10 Å². The molecule has 3 rings (SSSR count). The van der Waals surface area contributed by atoms with Crippen LogP contribution < -0.4 is 5.32 Å². The van der Waals surface area contributed by atoms with Gasteiger partial charge in [0, 0.05) is 0 Å².